The molecule has 6 heteroatoms. The highest BCUT2D eigenvalue weighted by Crippen LogP contribution is 2.27. The Bertz CT molecular complexity index is 724. The van der Waals surface area contributed by atoms with Crippen LogP contribution in [0.4, 0.5) is 0 Å². The van der Waals surface area contributed by atoms with E-state index < -0.39 is 6.10 Å². The lowest BCUT2D eigenvalue weighted by Gasteiger charge is -2.15. The fourth-order valence-electron chi connectivity index (χ4n) is 2.89. The summed E-state index contributed by atoms with van der Waals surface area (Å²) in [6, 6.07) is 15.6. The number of hydrogen-bond donors (Lipinski definition) is 2. The van der Waals surface area contributed by atoms with E-state index in [2.05, 4.69) is 5.32 Å². The fourth-order valence-corrected chi connectivity index (χ4v) is 2.89. The molecule has 1 fully saturated rings. The SMILES string of the molecule is Cc1ccc(CNC(=O)[C@@H]2CC[C@H](CN)O2)c(Oc2ccccc2)c1.Cl. The van der Waals surface area contributed by atoms with E-state index in [9.17, 15) is 4.79 Å². The first kappa shape index (κ1) is 20.2. The molecule has 1 amide bonds. The van der Waals surface area contributed by atoms with E-state index in [1.807, 2.05) is 55.5 Å². The van der Waals surface area contributed by atoms with Gasteiger partial charge >= 0.3 is 0 Å². The third-order valence-electron chi connectivity index (χ3n) is 4.31. The van der Waals surface area contributed by atoms with Crippen LogP contribution in [0.3, 0.4) is 0 Å². The molecule has 5 nitrogen and oxygen atoms in total. The maximum atomic E-state index is 12.3. The molecule has 0 aromatic heterocycles. The Hall–Kier alpha value is -2.08. The molecule has 140 valence electrons. The van der Waals surface area contributed by atoms with Crippen molar-refractivity contribution in [2.45, 2.75) is 38.5 Å². The predicted octanol–water partition coefficient (Wildman–Crippen LogP) is 3.33. The zero-order valence-corrected chi connectivity index (χ0v) is 15.6. The second kappa shape index (κ2) is 9.57. The molecule has 0 saturated carbocycles. The highest BCUT2D eigenvalue weighted by Gasteiger charge is 2.29. The van der Waals surface area contributed by atoms with Gasteiger partial charge in [0.1, 0.15) is 17.6 Å². The second-order valence-corrected chi connectivity index (χ2v) is 6.30. The summed E-state index contributed by atoms with van der Waals surface area (Å²) in [5, 5.41) is 2.95. The lowest BCUT2D eigenvalue weighted by Crippen LogP contribution is -2.35. The molecule has 2 aromatic carbocycles. The summed E-state index contributed by atoms with van der Waals surface area (Å²) < 4.78 is 11.6. The van der Waals surface area contributed by atoms with Crippen molar-refractivity contribution in [1.29, 1.82) is 0 Å². The van der Waals surface area contributed by atoms with Gasteiger partial charge in [0.25, 0.3) is 0 Å². The number of amides is 1. The van der Waals surface area contributed by atoms with Gasteiger partial charge in [-0.15, -0.1) is 12.4 Å². The van der Waals surface area contributed by atoms with Gasteiger partial charge in [0.15, 0.2) is 0 Å². The number of benzene rings is 2. The molecular formula is C20H25ClN2O3. The quantitative estimate of drug-likeness (QED) is 0.811. The van der Waals surface area contributed by atoms with Crippen LogP contribution in [-0.4, -0.2) is 24.7 Å². The number of nitrogens with two attached hydrogens (primary N) is 1. The number of carbonyl (C=O) groups is 1. The van der Waals surface area contributed by atoms with Crippen LogP contribution in [0.15, 0.2) is 48.5 Å². The molecule has 1 aliphatic rings. The lowest BCUT2D eigenvalue weighted by molar-refractivity contribution is -0.132. The number of nitrogens with one attached hydrogen (secondary N) is 1. The Morgan fingerprint density at radius 2 is 2.00 bits per heavy atom. The van der Waals surface area contributed by atoms with Gasteiger partial charge in [0.2, 0.25) is 5.91 Å². The highest BCUT2D eigenvalue weighted by atomic mass is 35.5. The van der Waals surface area contributed by atoms with Gasteiger partial charge in [-0.3, -0.25) is 4.79 Å². The zero-order chi connectivity index (χ0) is 17.6. The summed E-state index contributed by atoms with van der Waals surface area (Å²) in [5.74, 6) is 1.42. The van der Waals surface area contributed by atoms with Crippen molar-refractivity contribution in [3.8, 4) is 11.5 Å². The number of rotatable bonds is 6. The monoisotopic (exact) mass is 376 g/mol. The summed E-state index contributed by atoms with van der Waals surface area (Å²) >= 11 is 0. The molecule has 1 heterocycles. The van der Waals surface area contributed by atoms with E-state index in [0.717, 1.165) is 35.5 Å². The Balaban J connectivity index is 0.00000243. The van der Waals surface area contributed by atoms with Gasteiger partial charge < -0.3 is 20.5 Å². The molecule has 1 saturated heterocycles. The average molecular weight is 377 g/mol. The predicted molar refractivity (Wildman–Crippen MR) is 104 cm³/mol. The van der Waals surface area contributed by atoms with Gasteiger partial charge in [-0.05, 0) is 43.5 Å². The molecule has 0 spiro atoms. The summed E-state index contributed by atoms with van der Waals surface area (Å²) in [6.45, 7) is 2.87. The van der Waals surface area contributed by atoms with Crippen LogP contribution in [-0.2, 0) is 16.1 Å². The Morgan fingerprint density at radius 3 is 2.69 bits per heavy atom. The average Bonchev–Trinajstić information content (AvgIpc) is 3.11. The van der Waals surface area contributed by atoms with Crippen molar-refractivity contribution in [2.75, 3.05) is 6.54 Å². The molecule has 0 radical (unpaired) electrons. The maximum Gasteiger partial charge on any atom is 0.249 e. The third-order valence-corrected chi connectivity index (χ3v) is 4.31. The van der Waals surface area contributed by atoms with Crippen LogP contribution in [0.5, 0.6) is 11.5 Å². The molecule has 1 aliphatic heterocycles. The van der Waals surface area contributed by atoms with Crippen molar-refractivity contribution in [2.24, 2.45) is 5.73 Å². The molecule has 3 rings (SSSR count). The maximum absolute atomic E-state index is 12.3. The van der Waals surface area contributed by atoms with Crippen LogP contribution in [0.2, 0.25) is 0 Å². The number of carbonyl (C=O) groups excluding carboxylic acids is 1. The summed E-state index contributed by atoms with van der Waals surface area (Å²) in [6.07, 6.45) is 1.14. The van der Waals surface area contributed by atoms with Gasteiger partial charge in [-0.2, -0.15) is 0 Å². The van der Waals surface area contributed by atoms with Gasteiger partial charge in [0.05, 0.1) is 6.10 Å². The van der Waals surface area contributed by atoms with Crippen molar-refractivity contribution in [1.82, 2.24) is 5.32 Å². The molecule has 2 aromatic rings. The first-order valence-corrected chi connectivity index (χ1v) is 8.61. The minimum Gasteiger partial charge on any atom is -0.457 e. The molecule has 0 bridgehead atoms. The highest BCUT2D eigenvalue weighted by molar-refractivity contribution is 5.85. The first-order chi connectivity index (χ1) is 12.2. The minimum atomic E-state index is -0.405. The summed E-state index contributed by atoms with van der Waals surface area (Å²) in [5.41, 5.74) is 7.62. The van der Waals surface area contributed by atoms with Crippen LogP contribution in [0.1, 0.15) is 24.0 Å². The molecule has 0 unspecified atom stereocenters. The van der Waals surface area contributed by atoms with Crippen LogP contribution >= 0.6 is 12.4 Å². The third kappa shape index (κ3) is 5.21. The standard InChI is InChI=1S/C20H24N2O3.ClH/c1-14-7-8-15(19(11-14)24-16-5-3-2-4-6-16)13-22-20(23)18-10-9-17(12-21)25-18;/h2-8,11,17-18H,9-10,12-13,21H2,1H3,(H,22,23);1H/t17-,18+;/m1./s1. The fraction of sp³-hybridized carbons (Fsp3) is 0.350. The van der Waals surface area contributed by atoms with E-state index in [0.29, 0.717) is 13.1 Å². The second-order valence-electron chi connectivity index (χ2n) is 6.30. The first-order valence-electron chi connectivity index (χ1n) is 8.61. The topological polar surface area (TPSA) is 73.6 Å². The number of ether oxygens (including phenoxy) is 2. The van der Waals surface area contributed by atoms with Crippen molar-refractivity contribution in [3.05, 3.63) is 59.7 Å². The molecule has 26 heavy (non-hydrogen) atoms. The van der Waals surface area contributed by atoms with Crippen molar-refractivity contribution >= 4 is 18.3 Å². The lowest BCUT2D eigenvalue weighted by atomic mass is 10.1. The summed E-state index contributed by atoms with van der Waals surface area (Å²) in [4.78, 5) is 12.3. The summed E-state index contributed by atoms with van der Waals surface area (Å²) in [7, 11) is 0. The van der Waals surface area contributed by atoms with Crippen LogP contribution in [0, 0.1) is 6.92 Å². The Morgan fingerprint density at radius 1 is 1.23 bits per heavy atom. The number of aryl methyl sites for hydroxylation is 1. The van der Waals surface area contributed by atoms with E-state index in [1.165, 1.54) is 0 Å². The molecule has 2 atom stereocenters. The number of hydrogen-bond acceptors (Lipinski definition) is 4. The van der Waals surface area contributed by atoms with Crippen LogP contribution in [0.25, 0.3) is 0 Å². The molecule has 0 aliphatic carbocycles. The van der Waals surface area contributed by atoms with E-state index in [-0.39, 0.29) is 24.4 Å². The van der Waals surface area contributed by atoms with Gasteiger partial charge in [-0.1, -0.05) is 30.3 Å². The van der Waals surface area contributed by atoms with E-state index >= 15 is 0 Å². The Labute approximate surface area is 160 Å². The molecular weight excluding hydrogens is 352 g/mol. The number of halogens is 1. The van der Waals surface area contributed by atoms with Gasteiger partial charge in [0, 0.05) is 18.7 Å². The minimum absolute atomic E-state index is 0. The normalized spacial score (nSPS) is 18.8. The molecule has 3 N–H and O–H groups in total. The van der Waals surface area contributed by atoms with Crippen molar-refractivity contribution in [3.63, 3.8) is 0 Å². The Kier molecular flexibility index (Phi) is 7.45. The van der Waals surface area contributed by atoms with Crippen molar-refractivity contribution < 1.29 is 14.3 Å². The van der Waals surface area contributed by atoms with Gasteiger partial charge in [-0.25, -0.2) is 0 Å². The largest absolute Gasteiger partial charge is 0.457 e. The zero-order valence-electron chi connectivity index (χ0n) is 14.8. The number of para-hydroxylation sites is 1. The van der Waals surface area contributed by atoms with E-state index in [4.69, 9.17) is 15.2 Å². The van der Waals surface area contributed by atoms with Crippen LogP contribution < -0.4 is 15.8 Å². The van der Waals surface area contributed by atoms with E-state index in [1.54, 1.807) is 0 Å². The smallest absolute Gasteiger partial charge is 0.249 e.